The van der Waals surface area contributed by atoms with E-state index in [1.165, 1.54) is 0 Å². The van der Waals surface area contributed by atoms with Crippen molar-refractivity contribution in [2.24, 2.45) is 0 Å². The molecule has 0 aromatic heterocycles. The minimum absolute atomic E-state index is 0.506. The van der Waals surface area contributed by atoms with E-state index in [0.29, 0.717) is 0 Å². The molecular formula is C28H18O3. The second kappa shape index (κ2) is 6.78. The van der Waals surface area contributed by atoms with Crippen LogP contribution >= 0.6 is 0 Å². The molecule has 0 spiro atoms. The number of carbonyl (C=O) groups is 2. The Hall–Kier alpha value is -3.98. The fourth-order valence-electron chi connectivity index (χ4n) is 4.99. The molecule has 2 bridgehead atoms. The molecule has 3 aliphatic rings. The first-order valence-electron chi connectivity index (χ1n) is 10.4. The molecule has 31 heavy (non-hydrogen) atoms. The van der Waals surface area contributed by atoms with Crippen molar-refractivity contribution in [3.63, 3.8) is 0 Å². The van der Waals surface area contributed by atoms with E-state index in [1.54, 1.807) is 0 Å². The fourth-order valence-corrected chi connectivity index (χ4v) is 4.99. The lowest BCUT2D eigenvalue weighted by Gasteiger charge is -2.28. The topological polar surface area (TPSA) is 43.4 Å². The highest BCUT2D eigenvalue weighted by Crippen LogP contribution is 2.51. The van der Waals surface area contributed by atoms with E-state index in [4.69, 9.17) is 4.74 Å². The highest BCUT2D eigenvalue weighted by atomic mass is 16.6. The van der Waals surface area contributed by atoms with Crippen LogP contribution < -0.4 is 0 Å². The summed E-state index contributed by atoms with van der Waals surface area (Å²) in [6.45, 7) is 0. The Morgan fingerprint density at radius 3 is 1.32 bits per heavy atom. The lowest BCUT2D eigenvalue weighted by Crippen LogP contribution is -2.15. The van der Waals surface area contributed by atoms with Gasteiger partial charge in [-0.25, -0.2) is 0 Å². The summed E-state index contributed by atoms with van der Waals surface area (Å²) in [7, 11) is 0. The van der Waals surface area contributed by atoms with Gasteiger partial charge in [0.05, 0.1) is 0 Å². The molecule has 0 radical (unpaired) electrons. The molecule has 2 aliphatic heterocycles. The third kappa shape index (κ3) is 2.60. The first-order chi connectivity index (χ1) is 15.2. The van der Waals surface area contributed by atoms with Crippen LogP contribution in [0.5, 0.6) is 0 Å². The fraction of sp³-hybridized carbons (Fsp3) is 0.0714. The molecule has 2 atom stereocenters. The van der Waals surface area contributed by atoms with Gasteiger partial charge in [0.15, 0.2) is 0 Å². The van der Waals surface area contributed by atoms with Crippen molar-refractivity contribution in [3.05, 3.63) is 108 Å². The van der Waals surface area contributed by atoms with E-state index < -0.39 is 23.8 Å². The van der Waals surface area contributed by atoms with Gasteiger partial charge in [0.2, 0.25) is 0 Å². The minimum atomic E-state index is -0.611. The van der Waals surface area contributed by atoms with E-state index in [2.05, 4.69) is 36.4 Å². The third-order valence-electron chi connectivity index (χ3n) is 6.25. The van der Waals surface area contributed by atoms with E-state index in [-0.39, 0.29) is 0 Å². The standard InChI is InChI=1S/C28H18O3/c29-27-21-15-16-22(28(30)31-27)26-24(18-11-5-2-6-12-18)20-14-8-7-13-19(20)23(25(21)26)17-9-3-1-4-10-17/h1-16,21-22H. The van der Waals surface area contributed by atoms with Gasteiger partial charge in [-0.3, -0.25) is 9.59 Å². The molecule has 0 saturated carbocycles. The molecule has 0 saturated heterocycles. The highest BCUT2D eigenvalue weighted by molar-refractivity contribution is 6.13. The van der Waals surface area contributed by atoms with Crippen LogP contribution in [0.25, 0.3) is 33.0 Å². The molecule has 0 N–H and O–H groups in total. The second-order valence-corrected chi connectivity index (χ2v) is 7.94. The summed E-state index contributed by atoms with van der Waals surface area (Å²) in [6, 6.07) is 28.4. The van der Waals surface area contributed by atoms with Gasteiger partial charge in [-0.1, -0.05) is 97.1 Å². The van der Waals surface area contributed by atoms with Gasteiger partial charge < -0.3 is 4.74 Å². The van der Waals surface area contributed by atoms with Crippen molar-refractivity contribution in [1.82, 2.24) is 0 Å². The monoisotopic (exact) mass is 402 g/mol. The molecule has 7 rings (SSSR count). The molecule has 2 heterocycles. The van der Waals surface area contributed by atoms with Crippen molar-refractivity contribution in [2.45, 2.75) is 11.8 Å². The molecule has 3 nitrogen and oxygen atoms in total. The van der Waals surface area contributed by atoms with Gasteiger partial charge >= 0.3 is 11.9 Å². The molecule has 148 valence electrons. The first kappa shape index (κ1) is 17.8. The number of fused-ring (bicyclic) bond motifs is 3. The second-order valence-electron chi connectivity index (χ2n) is 7.94. The molecule has 2 unspecified atom stereocenters. The first-order valence-corrected chi connectivity index (χ1v) is 10.4. The molecular weight excluding hydrogens is 384 g/mol. The van der Waals surface area contributed by atoms with Crippen LogP contribution in [0.3, 0.4) is 0 Å². The lowest BCUT2D eigenvalue weighted by atomic mass is 9.73. The number of hydrogen-bond acceptors (Lipinski definition) is 3. The zero-order valence-corrected chi connectivity index (χ0v) is 16.6. The summed E-state index contributed by atoms with van der Waals surface area (Å²) in [5.41, 5.74) is 5.81. The molecule has 3 heteroatoms. The predicted octanol–water partition coefficient (Wildman–Crippen LogP) is 5.99. The van der Waals surface area contributed by atoms with Crippen molar-refractivity contribution in [3.8, 4) is 22.3 Å². The lowest BCUT2D eigenvalue weighted by molar-refractivity contribution is -0.159. The predicted molar refractivity (Wildman–Crippen MR) is 121 cm³/mol. The summed E-state index contributed by atoms with van der Waals surface area (Å²) < 4.78 is 5.25. The van der Waals surface area contributed by atoms with Crippen LogP contribution in [0, 0.1) is 0 Å². The third-order valence-corrected chi connectivity index (χ3v) is 6.25. The van der Waals surface area contributed by atoms with Crippen LogP contribution in [0.2, 0.25) is 0 Å². The normalized spacial score (nSPS) is 19.2. The summed E-state index contributed by atoms with van der Waals surface area (Å²) in [5, 5.41) is 2.13. The average molecular weight is 402 g/mol. The molecule has 1 aliphatic carbocycles. The Kier molecular flexibility index (Phi) is 3.90. The molecule has 4 aromatic carbocycles. The van der Waals surface area contributed by atoms with Crippen LogP contribution in [0.4, 0.5) is 0 Å². The van der Waals surface area contributed by atoms with Crippen LogP contribution in [-0.2, 0) is 14.3 Å². The number of benzene rings is 4. The summed E-state index contributed by atoms with van der Waals surface area (Å²) in [6.07, 6.45) is 3.66. The summed E-state index contributed by atoms with van der Waals surface area (Å²) in [5.74, 6) is -2.23. The number of ether oxygens (including phenoxy) is 1. The Bertz CT molecular complexity index is 1280. The Morgan fingerprint density at radius 1 is 0.516 bits per heavy atom. The maximum Gasteiger partial charge on any atom is 0.325 e. The maximum atomic E-state index is 12.9. The van der Waals surface area contributed by atoms with Crippen molar-refractivity contribution < 1.29 is 14.3 Å². The van der Waals surface area contributed by atoms with Crippen LogP contribution in [-0.4, -0.2) is 11.9 Å². The molecule has 0 fully saturated rings. The summed E-state index contributed by atoms with van der Waals surface area (Å²) >= 11 is 0. The van der Waals surface area contributed by atoms with Gasteiger partial charge in [-0.05, 0) is 44.2 Å². The number of hydrogen-bond donors (Lipinski definition) is 0. The number of carbonyl (C=O) groups excluding carboxylic acids is 2. The van der Waals surface area contributed by atoms with Crippen molar-refractivity contribution in [1.29, 1.82) is 0 Å². The Balaban J connectivity index is 1.86. The van der Waals surface area contributed by atoms with Crippen molar-refractivity contribution >= 4 is 22.7 Å². The average Bonchev–Trinajstić information content (AvgIpc) is 3.02. The number of esters is 2. The van der Waals surface area contributed by atoms with E-state index in [0.717, 1.165) is 44.2 Å². The van der Waals surface area contributed by atoms with Crippen molar-refractivity contribution in [2.75, 3.05) is 0 Å². The molecule has 0 amide bonds. The van der Waals surface area contributed by atoms with Gasteiger partial charge in [-0.15, -0.1) is 0 Å². The maximum absolute atomic E-state index is 12.9. The van der Waals surface area contributed by atoms with Crippen LogP contribution in [0.15, 0.2) is 97.1 Å². The zero-order valence-electron chi connectivity index (χ0n) is 16.6. The Morgan fingerprint density at radius 2 is 0.903 bits per heavy atom. The Labute approximate surface area is 179 Å². The number of rotatable bonds is 2. The van der Waals surface area contributed by atoms with Gasteiger partial charge in [0.1, 0.15) is 11.8 Å². The van der Waals surface area contributed by atoms with Gasteiger partial charge in [0, 0.05) is 0 Å². The van der Waals surface area contributed by atoms with E-state index in [1.807, 2.05) is 60.7 Å². The minimum Gasteiger partial charge on any atom is -0.392 e. The largest absolute Gasteiger partial charge is 0.392 e. The highest BCUT2D eigenvalue weighted by Gasteiger charge is 2.42. The molecule has 4 aromatic rings. The van der Waals surface area contributed by atoms with E-state index in [9.17, 15) is 9.59 Å². The summed E-state index contributed by atoms with van der Waals surface area (Å²) in [4.78, 5) is 25.8. The zero-order chi connectivity index (χ0) is 20.9. The SMILES string of the molecule is O=C1OC(=O)C2C=CC1c1c2c(-c2ccccc2)c2ccccc2c1-c1ccccc1. The van der Waals surface area contributed by atoms with Crippen LogP contribution in [0.1, 0.15) is 23.0 Å². The quantitative estimate of drug-likeness (QED) is 0.235. The smallest absolute Gasteiger partial charge is 0.325 e. The van der Waals surface area contributed by atoms with E-state index >= 15 is 0 Å². The van der Waals surface area contributed by atoms with Gasteiger partial charge in [0.25, 0.3) is 0 Å². The van der Waals surface area contributed by atoms with Gasteiger partial charge in [-0.2, -0.15) is 0 Å².